The highest BCUT2D eigenvalue weighted by Gasteiger charge is 2.02. The van der Waals surface area contributed by atoms with Crippen LogP contribution in [-0.4, -0.2) is 10.9 Å². The molecule has 1 aromatic carbocycles. The zero-order chi connectivity index (χ0) is 9.68. The van der Waals surface area contributed by atoms with E-state index in [2.05, 4.69) is 5.16 Å². The molecule has 1 N–H and O–H groups in total. The molecule has 0 amide bonds. The SMILES string of the molecule is CCC/C(=N/O)c1ccc(F)cc1. The summed E-state index contributed by atoms with van der Waals surface area (Å²) < 4.78 is 12.5. The molecule has 0 unspecified atom stereocenters. The standard InChI is InChI=1S/C10H12FNO/c1-2-3-10(12-13)8-4-6-9(11)7-5-8/h4-7,13H,2-3H2,1H3/b12-10-. The van der Waals surface area contributed by atoms with Crippen LogP contribution in [0.2, 0.25) is 0 Å². The minimum absolute atomic E-state index is 0.280. The Morgan fingerprint density at radius 1 is 1.38 bits per heavy atom. The number of nitrogens with zero attached hydrogens (tertiary/aromatic N) is 1. The van der Waals surface area contributed by atoms with Gasteiger partial charge in [0.1, 0.15) is 5.82 Å². The lowest BCUT2D eigenvalue weighted by Crippen LogP contribution is -2.00. The van der Waals surface area contributed by atoms with Gasteiger partial charge in [0.15, 0.2) is 0 Å². The van der Waals surface area contributed by atoms with Crippen molar-refractivity contribution in [2.75, 3.05) is 0 Å². The quantitative estimate of drug-likeness (QED) is 0.434. The van der Waals surface area contributed by atoms with Gasteiger partial charge in [-0.3, -0.25) is 0 Å². The van der Waals surface area contributed by atoms with E-state index in [1.54, 1.807) is 12.1 Å². The van der Waals surface area contributed by atoms with Crippen LogP contribution in [0.3, 0.4) is 0 Å². The molecular formula is C10H12FNO. The van der Waals surface area contributed by atoms with Crippen LogP contribution in [-0.2, 0) is 0 Å². The van der Waals surface area contributed by atoms with Gasteiger partial charge in [-0.05, 0) is 24.1 Å². The Labute approximate surface area is 76.7 Å². The average Bonchev–Trinajstić information content (AvgIpc) is 2.16. The normalized spacial score (nSPS) is 11.7. The van der Waals surface area contributed by atoms with E-state index >= 15 is 0 Å². The minimum atomic E-state index is -0.280. The molecule has 0 spiro atoms. The Hall–Kier alpha value is -1.38. The second kappa shape index (κ2) is 4.60. The van der Waals surface area contributed by atoms with Gasteiger partial charge in [-0.25, -0.2) is 4.39 Å². The van der Waals surface area contributed by atoms with Crippen LogP contribution in [0.15, 0.2) is 29.4 Å². The summed E-state index contributed by atoms with van der Waals surface area (Å²) in [7, 11) is 0. The van der Waals surface area contributed by atoms with Gasteiger partial charge < -0.3 is 5.21 Å². The third-order valence-electron chi connectivity index (χ3n) is 1.78. The van der Waals surface area contributed by atoms with E-state index < -0.39 is 0 Å². The first kappa shape index (κ1) is 9.71. The van der Waals surface area contributed by atoms with Crippen molar-refractivity contribution in [2.45, 2.75) is 19.8 Å². The Bertz CT molecular complexity index is 292. The fraction of sp³-hybridized carbons (Fsp3) is 0.300. The fourth-order valence-electron chi connectivity index (χ4n) is 1.13. The Morgan fingerprint density at radius 3 is 2.46 bits per heavy atom. The molecule has 1 rings (SSSR count). The lowest BCUT2D eigenvalue weighted by molar-refractivity contribution is 0.318. The number of benzene rings is 1. The molecule has 0 bridgehead atoms. The number of halogens is 1. The largest absolute Gasteiger partial charge is 0.411 e. The molecule has 1 aromatic rings. The molecule has 0 aromatic heterocycles. The van der Waals surface area contributed by atoms with Crippen LogP contribution in [0.5, 0.6) is 0 Å². The molecule has 13 heavy (non-hydrogen) atoms. The molecule has 0 saturated carbocycles. The van der Waals surface area contributed by atoms with E-state index in [1.165, 1.54) is 12.1 Å². The number of hydrogen-bond donors (Lipinski definition) is 1. The number of hydrogen-bond acceptors (Lipinski definition) is 2. The Balaban J connectivity index is 2.87. The first-order valence-corrected chi connectivity index (χ1v) is 4.24. The van der Waals surface area contributed by atoms with E-state index in [-0.39, 0.29) is 5.82 Å². The van der Waals surface area contributed by atoms with E-state index in [9.17, 15) is 4.39 Å². The molecule has 70 valence electrons. The van der Waals surface area contributed by atoms with Crippen LogP contribution >= 0.6 is 0 Å². The average molecular weight is 181 g/mol. The summed E-state index contributed by atoms with van der Waals surface area (Å²) >= 11 is 0. The van der Waals surface area contributed by atoms with Crippen molar-refractivity contribution in [3.05, 3.63) is 35.6 Å². The summed E-state index contributed by atoms with van der Waals surface area (Å²) in [5, 5.41) is 11.8. The van der Waals surface area contributed by atoms with Crippen molar-refractivity contribution in [1.82, 2.24) is 0 Å². The van der Waals surface area contributed by atoms with E-state index in [4.69, 9.17) is 5.21 Å². The molecule has 0 aliphatic carbocycles. The van der Waals surface area contributed by atoms with Crippen molar-refractivity contribution in [3.63, 3.8) is 0 Å². The second-order valence-electron chi connectivity index (χ2n) is 2.80. The predicted molar refractivity (Wildman–Crippen MR) is 49.6 cm³/mol. The second-order valence-corrected chi connectivity index (χ2v) is 2.80. The maximum atomic E-state index is 12.5. The molecule has 3 heteroatoms. The molecule has 0 aliphatic heterocycles. The summed E-state index contributed by atoms with van der Waals surface area (Å²) in [5.74, 6) is -0.280. The van der Waals surface area contributed by atoms with Crippen molar-refractivity contribution >= 4 is 5.71 Å². The van der Waals surface area contributed by atoms with E-state index in [0.717, 1.165) is 12.0 Å². The van der Waals surface area contributed by atoms with Gasteiger partial charge in [-0.2, -0.15) is 0 Å². The van der Waals surface area contributed by atoms with Crippen molar-refractivity contribution in [2.24, 2.45) is 5.16 Å². The molecule has 2 nitrogen and oxygen atoms in total. The maximum Gasteiger partial charge on any atom is 0.123 e. The molecule has 0 saturated heterocycles. The summed E-state index contributed by atoms with van der Waals surface area (Å²) in [6.45, 7) is 1.99. The van der Waals surface area contributed by atoms with Crippen molar-refractivity contribution in [3.8, 4) is 0 Å². The van der Waals surface area contributed by atoms with E-state index in [0.29, 0.717) is 12.1 Å². The third-order valence-corrected chi connectivity index (χ3v) is 1.78. The molecule has 0 heterocycles. The molecule has 0 aliphatic rings. The predicted octanol–water partition coefficient (Wildman–Crippen LogP) is 2.80. The summed E-state index contributed by atoms with van der Waals surface area (Å²) in [4.78, 5) is 0. The Kier molecular flexibility index (Phi) is 3.43. The van der Waals surface area contributed by atoms with Gasteiger partial charge in [0.2, 0.25) is 0 Å². The van der Waals surface area contributed by atoms with Crippen molar-refractivity contribution < 1.29 is 9.60 Å². The highest BCUT2D eigenvalue weighted by molar-refractivity contribution is 6.00. The van der Waals surface area contributed by atoms with Crippen LogP contribution in [0.25, 0.3) is 0 Å². The van der Waals surface area contributed by atoms with Gasteiger partial charge in [0.05, 0.1) is 5.71 Å². The van der Waals surface area contributed by atoms with Gasteiger partial charge in [0, 0.05) is 0 Å². The highest BCUT2D eigenvalue weighted by atomic mass is 19.1. The lowest BCUT2D eigenvalue weighted by atomic mass is 10.1. The minimum Gasteiger partial charge on any atom is -0.411 e. The van der Waals surface area contributed by atoms with Gasteiger partial charge in [-0.15, -0.1) is 0 Å². The monoisotopic (exact) mass is 181 g/mol. The Morgan fingerprint density at radius 2 is 2.00 bits per heavy atom. The van der Waals surface area contributed by atoms with Crippen LogP contribution in [0.4, 0.5) is 4.39 Å². The summed E-state index contributed by atoms with van der Waals surface area (Å²) in [6.07, 6.45) is 1.60. The number of rotatable bonds is 3. The summed E-state index contributed by atoms with van der Waals surface area (Å²) in [6, 6.07) is 5.94. The zero-order valence-electron chi connectivity index (χ0n) is 7.50. The van der Waals surface area contributed by atoms with E-state index in [1.807, 2.05) is 6.92 Å². The third kappa shape index (κ3) is 2.54. The number of oxime groups is 1. The molecule has 0 radical (unpaired) electrons. The smallest absolute Gasteiger partial charge is 0.123 e. The van der Waals surface area contributed by atoms with Crippen LogP contribution in [0.1, 0.15) is 25.3 Å². The molecule has 0 fully saturated rings. The van der Waals surface area contributed by atoms with Gasteiger partial charge in [-0.1, -0.05) is 30.6 Å². The zero-order valence-corrected chi connectivity index (χ0v) is 7.50. The van der Waals surface area contributed by atoms with Gasteiger partial charge >= 0.3 is 0 Å². The van der Waals surface area contributed by atoms with Gasteiger partial charge in [0.25, 0.3) is 0 Å². The topological polar surface area (TPSA) is 32.6 Å². The first-order valence-electron chi connectivity index (χ1n) is 4.24. The van der Waals surface area contributed by atoms with Crippen LogP contribution < -0.4 is 0 Å². The summed E-state index contributed by atoms with van der Waals surface area (Å²) in [5.41, 5.74) is 1.37. The molecule has 0 atom stereocenters. The maximum absolute atomic E-state index is 12.5. The lowest BCUT2D eigenvalue weighted by Gasteiger charge is -2.01. The first-order chi connectivity index (χ1) is 6.27. The molecular weight excluding hydrogens is 169 g/mol. The highest BCUT2D eigenvalue weighted by Crippen LogP contribution is 2.07. The van der Waals surface area contributed by atoms with Crippen LogP contribution in [0, 0.1) is 5.82 Å². The fourth-order valence-corrected chi connectivity index (χ4v) is 1.13. The van der Waals surface area contributed by atoms with Crippen molar-refractivity contribution in [1.29, 1.82) is 0 Å².